The van der Waals surface area contributed by atoms with Crippen LogP contribution in [0.4, 0.5) is 11.4 Å². The first-order valence-corrected chi connectivity index (χ1v) is 11.1. The molecule has 0 aliphatic heterocycles. The maximum Gasteiger partial charge on any atom is 0.119 e. The van der Waals surface area contributed by atoms with Crippen LogP contribution in [0.1, 0.15) is 42.9 Å². The van der Waals surface area contributed by atoms with Crippen LogP contribution >= 0.6 is 11.6 Å². The van der Waals surface area contributed by atoms with Crippen LogP contribution in [-0.4, -0.2) is 11.7 Å². The normalized spacial score (nSPS) is 12.9. The molecule has 4 nitrogen and oxygen atoms in total. The SMILES string of the molecule is CCCC(O)(CCOc1ccc(NCc2ccc(N)cc2C)cc1)c1ccc(Cl)cc1. The summed E-state index contributed by atoms with van der Waals surface area (Å²) in [7, 11) is 0. The Hall–Kier alpha value is -2.69. The van der Waals surface area contributed by atoms with E-state index < -0.39 is 5.60 Å². The van der Waals surface area contributed by atoms with Crippen molar-refractivity contribution in [2.75, 3.05) is 17.7 Å². The van der Waals surface area contributed by atoms with E-state index in [2.05, 4.69) is 19.2 Å². The van der Waals surface area contributed by atoms with Gasteiger partial charge in [-0.25, -0.2) is 0 Å². The first-order chi connectivity index (χ1) is 14.9. The van der Waals surface area contributed by atoms with Crippen molar-refractivity contribution in [2.45, 2.75) is 45.3 Å². The van der Waals surface area contributed by atoms with Gasteiger partial charge in [-0.05, 0) is 78.6 Å². The number of nitrogens with two attached hydrogens (primary N) is 1. The highest BCUT2D eigenvalue weighted by Gasteiger charge is 2.28. The highest BCUT2D eigenvalue weighted by Crippen LogP contribution is 2.31. The van der Waals surface area contributed by atoms with Crippen molar-refractivity contribution < 1.29 is 9.84 Å². The molecule has 0 spiro atoms. The molecule has 3 aromatic carbocycles. The van der Waals surface area contributed by atoms with E-state index in [-0.39, 0.29) is 0 Å². The van der Waals surface area contributed by atoms with E-state index in [0.717, 1.165) is 35.7 Å². The standard InChI is InChI=1S/C26H31ClN2O2/c1-3-14-26(30,21-5-7-22(27)8-6-21)15-16-31-25-12-10-24(11-13-25)29-18-20-4-9-23(28)17-19(20)2/h4-13,17,29-30H,3,14-16,18,28H2,1-2H3. The van der Waals surface area contributed by atoms with Gasteiger partial charge in [0.05, 0.1) is 12.2 Å². The lowest BCUT2D eigenvalue weighted by atomic mass is 9.86. The van der Waals surface area contributed by atoms with Crippen LogP contribution in [0.15, 0.2) is 66.7 Å². The fraction of sp³-hybridized carbons (Fsp3) is 0.308. The second kappa shape index (κ2) is 10.6. The molecule has 0 heterocycles. The number of nitrogen functional groups attached to an aromatic ring is 1. The van der Waals surface area contributed by atoms with Gasteiger partial charge in [0.2, 0.25) is 0 Å². The minimum absolute atomic E-state index is 0.427. The Bertz CT molecular complexity index is 974. The molecule has 0 aliphatic carbocycles. The summed E-state index contributed by atoms with van der Waals surface area (Å²) in [6.07, 6.45) is 2.07. The maximum atomic E-state index is 11.2. The van der Waals surface area contributed by atoms with E-state index in [0.29, 0.717) is 24.5 Å². The molecule has 0 bridgehead atoms. The average Bonchev–Trinajstić information content (AvgIpc) is 2.75. The number of halogens is 1. The lowest BCUT2D eigenvalue weighted by molar-refractivity contribution is 0.00568. The molecule has 164 valence electrons. The molecule has 1 unspecified atom stereocenters. The summed E-state index contributed by atoms with van der Waals surface area (Å²) >= 11 is 5.99. The van der Waals surface area contributed by atoms with E-state index in [9.17, 15) is 5.11 Å². The molecule has 4 N–H and O–H groups in total. The predicted molar refractivity (Wildman–Crippen MR) is 130 cm³/mol. The molecule has 0 amide bonds. The Balaban J connectivity index is 1.53. The predicted octanol–water partition coefficient (Wildman–Crippen LogP) is 6.30. The zero-order valence-electron chi connectivity index (χ0n) is 18.2. The molecular weight excluding hydrogens is 408 g/mol. The van der Waals surface area contributed by atoms with Crippen molar-refractivity contribution in [2.24, 2.45) is 0 Å². The van der Waals surface area contributed by atoms with Crippen LogP contribution < -0.4 is 15.8 Å². The van der Waals surface area contributed by atoms with Crippen molar-refractivity contribution in [3.05, 3.63) is 88.4 Å². The molecule has 0 aromatic heterocycles. The first kappa shape index (κ1) is 23.0. The minimum atomic E-state index is -0.919. The van der Waals surface area contributed by atoms with Gasteiger partial charge in [-0.3, -0.25) is 0 Å². The second-order valence-electron chi connectivity index (χ2n) is 7.95. The van der Waals surface area contributed by atoms with Gasteiger partial charge in [0.25, 0.3) is 0 Å². The van der Waals surface area contributed by atoms with Gasteiger partial charge in [0.15, 0.2) is 0 Å². The van der Waals surface area contributed by atoms with Crippen molar-refractivity contribution in [3.63, 3.8) is 0 Å². The third kappa shape index (κ3) is 6.39. The molecule has 0 saturated heterocycles. The van der Waals surface area contributed by atoms with Gasteiger partial charge in [-0.2, -0.15) is 0 Å². The van der Waals surface area contributed by atoms with E-state index in [1.54, 1.807) is 0 Å². The van der Waals surface area contributed by atoms with Gasteiger partial charge in [0.1, 0.15) is 5.75 Å². The van der Waals surface area contributed by atoms with Crippen LogP contribution in [0.25, 0.3) is 0 Å². The van der Waals surface area contributed by atoms with Crippen molar-refractivity contribution >= 4 is 23.0 Å². The Morgan fingerprint density at radius 1 is 1.00 bits per heavy atom. The molecule has 3 aromatic rings. The quantitative estimate of drug-likeness (QED) is 0.325. The molecule has 0 fully saturated rings. The smallest absolute Gasteiger partial charge is 0.119 e. The van der Waals surface area contributed by atoms with Gasteiger partial charge in [-0.1, -0.05) is 43.1 Å². The molecule has 1 atom stereocenters. The number of hydrogen-bond donors (Lipinski definition) is 3. The zero-order chi connectivity index (χ0) is 22.3. The summed E-state index contributed by atoms with van der Waals surface area (Å²) in [5.41, 5.74) is 9.97. The topological polar surface area (TPSA) is 67.5 Å². The summed E-state index contributed by atoms with van der Waals surface area (Å²) < 4.78 is 5.92. The van der Waals surface area contributed by atoms with Gasteiger partial charge < -0.3 is 20.9 Å². The number of nitrogens with one attached hydrogen (secondary N) is 1. The molecule has 3 rings (SSSR count). The Morgan fingerprint density at radius 2 is 1.71 bits per heavy atom. The van der Waals surface area contributed by atoms with Crippen LogP contribution in [0, 0.1) is 6.92 Å². The third-order valence-corrected chi connectivity index (χ3v) is 5.79. The van der Waals surface area contributed by atoms with Crippen molar-refractivity contribution in [1.82, 2.24) is 0 Å². The lowest BCUT2D eigenvalue weighted by Crippen LogP contribution is -2.28. The van der Waals surface area contributed by atoms with Gasteiger partial charge >= 0.3 is 0 Å². The Kier molecular flexibility index (Phi) is 7.83. The second-order valence-corrected chi connectivity index (χ2v) is 8.39. The number of rotatable bonds is 10. The molecule has 0 saturated carbocycles. The summed E-state index contributed by atoms with van der Waals surface area (Å²) in [6.45, 7) is 5.29. The van der Waals surface area contributed by atoms with E-state index in [1.807, 2.05) is 66.7 Å². The van der Waals surface area contributed by atoms with E-state index in [4.69, 9.17) is 22.1 Å². The fourth-order valence-electron chi connectivity index (χ4n) is 3.71. The summed E-state index contributed by atoms with van der Waals surface area (Å²) in [5.74, 6) is 0.782. The fourth-order valence-corrected chi connectivity index (χ4v) is 3.83. The molecular formula is C26H31ClN2O2. The monoisotopic (exact) mass is 438 g/mol. The number of aliphatic hydroxyl groups is 1. The lowest BCUT2D eigenvalue weighted by Gasteiger charge is -2.28. The Morgan fingerprint density at radius 3 is 2.35 bits per heavy atom. The Labute approximate surface area is 190 Å². The zero-order valence-corrected chi connectivity index (χ0v) is 19.0. The maximum absolute atomic E-state index is 11.2. The number of anilines is 2. The van der Waals surface area contributed by atoms with Crippen molar-refractivity contribution in [3.8, 4) is 5.75 Å². The number of hydrogen-bond acceptors (Lipinski definition) is 4. The van der Waals surface area contributed by atoms with E-state index >= 15 is 0 Å². The molecule has 0 radical (unpaired) electrons. The van der Waals surface area contributed by atoms with Crippen LogP contribution in [-0.2, 0) is 12.1 Å². The number of ether oxygens (including phenoxy) is 1. The highest BCUT2D eigenvalue weighted by molar-refractivity contribution is 6.30. The number of aryl methyl sites for hydroxylation is 1. The van der Waals surface area contributed by atoms with Crippen LogP contribution in [0.2, 0.25) is 5.02 Å². The molecule has 0 aliphatic rings. The molecule has 31 heavy (non-hydrogen) atoms. The van der Waals surface area contributed by atoms with Crippen LogP contribution in [0.3, 0.4) is 0 Å². The van der Waals surface area contributed by atoms with E-state index in [1.165, 1.54) is 11.1 Å². The van der Waals surface area contributed by atoms with Gasteiger partial charge in [0, 0.05) is 29.4 Å². The summed E-state index contributed by atoms with van der Waals surface area (Å²) in [5, 5.41) is 15.3. The summed E-state index contributed by atoms with van der Waals surface area (Å²) in [6, 6.07) is 21.3. The number of benzene rings is 3. The molecule has 5 heteroatoms. The third-order valence-electron chi connectivity index (χ3n) is 5.53. The van der Waals surface area contributed by atoms with Gasteiger partial charge in [-0.15, -0.1) is 0 Å². The largest absolute Gasteiger partial charge is 0.493 e. The van der Waals surface area contributed by atoms with Crippen LogP contribution in [0.5, 0.6) is 5.75 Å². The highest BCUT2D eigenvalue weighted by atomic mass is 35.5. The van der Waals surface area contributed by atoms with Crippen molar-refractivity contribution in [1.29, 1.82) is 0 Å². The average molecular weight is 439 g/mol. The summed E-state index contributed by atoms with van der Waals surface area (Å²) in [4.78, 5) is 0. The first-order valence-electron chi connectivity index (χ1n) is 10.7. The minimum Gasteiger partial charge on any atom is -0.493 e.